The van der Waals surface area contributed by atoms with Crippen LogP contribution in [0.4, 0.5) is 5.82 Å². The molecule has 0 amide bonds. The average molecular weight is 301 g/mol. The van der Waals surface area contributed by atoms with Crippen molar-refractivity contribution in [1.29, 1.82) is 0 Å². The SMILES string of the molecule is CC(C)CN(c1ccc(Cl)c(CCl)n1)C1CCCC1. The average Bonchev–Trinajstić information content (AvgIpc) is 2.90. The van der Waals surface area contributed by atoms with E-state index in [4.69, 9.17) is 23.2 Å². The second-order valence-electron chi connectivity index (χ2n) is 5.72. The Kier molecular flexibility index (Phi) is 5.35. The van der Waals surface area contributed by atoms with Crippen LogP contribution in [0.3, 0.4) is 0 Å². The fourth-order valence-corrected chi connectivity index (χ4v) is 3.21. The van der Waals surface area contributed by atoms with Crippen LogP contribution in [0.15, 0.2) is 12.1 Å². The van der Waals surface area contributed by atoms with E-state index in [9.17, 15) is 0 Å². The normalized spacial score (nSPS) is 16.3. The molecule has 106 valence electrons. The summed E-state index contributed by atoms with van der Waals surface area (Å²) in [5.74, 6) is 2.02. The van der Waals surface area contributed by atoms with Gasteiger partial charge >= 0.3 is 0 Å². The number of anilines is 1. The maximum absolute atomic E-state index is 6.10. The number of nitrogens with zero attached hydrogens (tertiary/aromatic N) is 2. The number of pyridine rings is 1. The van der Waals surface area contributed by atoms with Crippen molar-refractivity contribution in [3.8, 4) is 0 Å². The summed E-state index contributed by atoms with van der Waals surface area (Å²) in [4.78, 5) is 7.10. The van der Waals surface area contributed by atoms with Gasteiger partial charge < -0.3 is 4.90 Å². The van der Waals surface area contributed by atoms with Crippen molar-refractivity contribution in [2.75, 3.05) is 11.4 Å². The summed E-state index contributed by atoms with van der Waals surface area (Å²) in [6, 6.07) is 4.57. The van der Waals surface area contributed by atoms with Crippen LogP contribution in [0.2, 0.25) is 5.02 Å². The highest BCUT2D eigenvalue weighted by Gasteiger charge is 2.24. The Labute approximate surface area is 126 Å². The molecule has 0 saturated heterocycles. The Morgan fingerprint density at radius 2 is 2.00 bits per heavy atom. The van der Waals surface area contributed by atoms with E-state index in [1.54, 1.807) is 0 Å². The van der Waals surface area contributed by atoms with Gasteiger partial charge in [-0.3, -0.25) is 0 Å². The first kappa shape index (κ1) is 14.9. The van der Waals surface area contributed by atoms with Crippen molar-refractivity contribution >= 4 is 29.0 Å². The van der Waals surface area contributed by atoms with Gasteiger partial charge in [0.1, 0.15) is 5.82 Å². The zero-order valence-corrected chi connectivity index (χ0v) is 13.2. The molecule has 0 aliphatic heterocycles. The van der Waals surface area contributed by atoms with E-state index in [2.05, 4.69) is 23.7 Å². The molecule has 19 heavy (non-hydrogen) atoms. The molecule has 1 saturated carbocycles. The van der Waals surface area contributed by atoms with E-state index in [1.807, 2.05) is 12.1 Å². The lowest BCUT2D eigenvalue weighted by atomic mass is 10.1. The van der Waals surface area contributed by atoms with E-state index in [0.717, 1.165) is 18.1 Å². The van der Waals surface area contributed by atoms with E-state index in [1.165, 1.54) is 25.7 Å². The fraction of sp³-hybridized carbons (Fsp3) is 0.667. The van der Waals surface area contributed by atoms with Gasteiger partial charge in [-0.05, 0) is 30.9 Å². The third-order valence-electron chi connectivity index (χ3n) is 3.65. The van der Waals surface area contributed by atoms with E-state index < -0.39 is 0 Å². The zero-order valence-electron chi connectivity index (χ0n) is 11.7. The van der Waals surface area contributed by atoms with Crippen molar-refractivity contribution in [3.63, 3.8) is 0 Å². The predicted octanol–water partition coefficient (Wildman–Crippen LogP) is 4.88. The topological polar surface area (TPSA) is 16.1 Å². The first-order chi connectivity index (χ1) is 9.11. The largest absolute Gasteiger partial charge is 0.353 e. The lowest BCUT2D eigenvalue weighted by Gasteiger charge is -2.32. The molecular formula is C15H22Cl2N2. The standard InChI is InChI=1S/C15H22Cl2N2/c1-11(2)10-19(12-5-3-4-6-12)15-8-7-13(17)14(9-16)18-15/h7-8,11-12H,3-6,9-10H2,1-2H3. The maximum Gasteiger partial charge on any atom is 0.129 e. The highest BCUT2D eigenvalue weighted by molar-refractivity contribution is 6.32. The van der Waals surface area contributed by atoms with Gasteiger partial charge in [0.2, 0.25) is 0 Å². The van der Waals surface area contributed by atoms with Gasteiger partial charge in [-0.2, -0.15) is 0 Å². The molecule has 2 nitrogen and oxygen atoms in total. The van der Waals surface area contributed by atoms with E-state index in [-0.39, 0.29) is 0 Å². The van der Waals surface area contributed by atoms with Gasteiger partial charge in [-0.25, -0.2) is 4.98 Å². The van der Waals surface area contributed by atoms with Gasteiger partial charge in [0.15, 0.2) is 0 Å². The maximum atomic E-state index is 6.10. The molecule has 0 radical (unpaired) electrons. The molecule has 1 aromatic rings. The molecule has 0 atom stereocenters. The molecule has 1 fully saturated rings. The molecular weight excluding hydrogens is 279 g/mol. The van der Waals surface area contributed by atoms with Crippen molar-refractivity contribution in [3.05, 3.63) is 22.8 Å². The Morgan fingerprint density at radius 1 is 1.32 bits per heavy atom. The van der Waals surface area contributed by atoms with Crippen molar-refractivity contribution in [1.82, 2.24) is 4.98 Å². The first-order valence-corrected chi connectivity index (χ1v) is 8.01. The van der Waals surface area contributed by atoms with Gasteiger partial charge in [-0.1, -0.05) is 38.3 Å². The zero-order chi connectivity index (χ0) is 13.8. The van der Waals surface area contributed by atoms with Crippen LogP contribution < -0.4 is 4.90 Å². The summed E-state index contributed by atoms with van der Waals surface area (Å²) in [5.41, 5.74) is 0.785. The molecule has 1 aliphatic rings. The van der Waals surface area contributed by atoms with Gasteiger partial charge in [0.05, 0.1) is 16.6 Å². The fourth-order valence-electron chi connectivity index (χ4n) is 2.77. The lowest BCUT2D eigenvalue weighted by Crippen LogP contribution is -2.37. The van der Waals surface area contributed by atoms with Crippen LogP contribution in [0.1, 0.15) is 45.2 Å². The second-order valence-corrected chi connectivity index (χ2v) is 6.39. The Balaban J connectivity index is 2.25. The number of alkyl halides is 1. The van der Waals surface area contributed by atoms with E-state index >= 15 is 0 Å². The summed E-state index contributed by atoms with van der Waals surface area (Å²) < 4.78 is 0. The van der Waals surface area contributed by atoms with Crippen LogP contribution in [-0.4, -0.2) is 17.6 Å². The Bertz CT molecular complexity index is 415. The first-order valence-electron chi connectivity index (χ1n) is 7.10. The predicted molar refractivity (Wildman–Crippen MR) is 83.2 cm³/mol. The molecule has 4 heteroatoms. The molecule has 0 spiro atoms. The number of halogens is 2. The van der Waals surface area contributed by atoms with Crippen LogP contribution in [0, 0.1) is 5.92 Å². The molecule has 2 rings (SSSR count). The number of rotatable bonds is 5. The molecule has 0 bridgehead atoms. The Morgan fingerprint density at radius 3 is 2.58 bits per heavy atom. The third-order valence-corrected chi connectivity index (χ3v) is 4.25. The summed E-state index contributed by atoms with van der Waals surface area (Å²) >= 11 is 12.0. The number of hydrogen-bond acceptors (Lipinski definition) is 2. The Hall–Kier alpha value is -0.470. The summed E-state index contributed by atoms with van der Waals surface area (Å²) in [6.45, 7) is 5.54. The summed E-state index contributed by atoms with van der Waals surface area (Å²) in [7, 11) is 0. The van der Waals surface area contributed by atoms with Gasteiger partial charge in [0, 0.05) is 12.6 Å². The smallest absolute Gasteiger partial charge is 0.129 e. The highest BCUT2D eigenvalue weighted by Crippen LogP contribution is 2.29. The minimum atomic E-state index is 0.368. The monoisotopic (exact) mass is 300 g/mol. The van der Waals surface area contributed by atoms with Gasteiger partial charge in [-0.15, -0.1) is 11.6 Å². The summed E-state index contributed by atoms with van der Waals surface area (Å²) in [6.07, 6.45) is 5.20. The minimum Gasteiger partial charge on any atom is -0.353 e. The van der Waals surface area contributed by atoms with Gasteiger partial charge in [0.25, 0.3) is 0 Å². The molecule has 0 aromatic carbocycles. The minimum absolute atomic E-state index is 0.368. The summed E-state index contributed by atoms with van der Waals surface area (Å²) in [5, 5.41) is 0.662. The highest BCUT2D eigenvalue weighted by atomic mass is 35.5. The van der Waals surface area contributed by atoms with Crippen molar-refractivity contribution < 1.29 is 0 Å². The van der Waals surface area contributed by atoms with E-state index in [0.29, 0.717) is 22.9 Å². The van der Waals surface area contributed by atoms with Crippen molar-refractivity contribution in [2.24, 2.45) is 5.92 Å². The molecule has 0 unspecified atom stereocenters. The van der Waals surface area contributed by atoms with Crippen LogP contribution in [0.25, 0.3) is 0 Å². The molecule has 1 heterocycles. The van der Waals surface area contributed by atoms with Crippen LogP contribution in [-0.2, 0) is 5.88 Å². The second kappa shape index (κ2) is 6.81. The van der Waals surface area contributed by atoms with Crippen LogP contribution in [0.5, 0.6) is 0 Å². The van der Waals surface area contributed by atoms with Crippen LogP contribution >= 0.6 is 23.2 Å². The molecule has 1 aromatic heterocycles. The molecule has 1 aliphatic carbocycles. The lowest BCUT2D eigenvalue weighted by molar-refractivity contribution is 0.531. The van der Waals surface area contributed by atoms with Crippen molar-refractivity contribution in [2.45, 2.75) is 51.5 Å². The number of aromatic nitrogens is 1. The number of hydrogen-bond donors (Lipinski definition) is 0. The third kappa shape index (κ3) is 3.76. The molecule has 0 N–H and O–H groups in total. The quantitative estimate of drug-likeness (QED) is 0.721.